The van der Waals surface area contributed by atoms with Crippen molar-refractivity contribution in [2.24, 2.45) is 5.92 Å². The van der Waals surface area contributed by atoms with Crippen molar-refractivity contribution in [3.05, 3.63) is 42.0 Å². The summed E-state index contributed by atoms with van der Waals surface area (Å²) in [6, 6.07) is 12.7. The Bertz CT molecular complexity index is 905. The van der Waals surface area contributed by atoms with Crippen LogP contribution in [0.3, 0.4) is 0 Å². The first kappa shape index (κ1) is 22.0. The molecule has 7 nitrogen and oxygen atoms in total. The van der Waals surface area contributed by atoms with Crippen LogP contribution in [0.1, 0.15) is 38.9 Å². The second-order valence-electron chi connectivity index (χ2n) is 7.22. The highest BCUT2D eigenvalue weighted by Crippen LogP contribution is 2.25. The minimum Gasteiger partial charge on any atom is -0.497 e. The van der Waals surface area contributed by atoms with Gasteiger partial charge < -0.3 is 20.1 Å². The quantitative estimate of drug-likeness (QED) is 0.662. The van der Waals surface area contributed by atoms with Crippen LogP contribution >= 0.6 is 0 Å². The van der Waals surface area contributed by atoms with Crippen LogP contribution in [0.25, 0.3) is 10.8 Å². The molecule has 0 radical (unpaired) electrons. The SMILES string of the molecule is COc1ccc2cc(C(C)OC(=O)N[C@@H](CC(C)C)C(=O)NCC#N)ccc2c1. The zero-order valence-corrected chi connectivity index (χ0v) is 17.2. The van der Waals surface area contributed by atoms with E-state index in [0.717, 1.165) is 22.1 Å². The van der Waals surface area contributed by atoms with Crippen molar-refractivity contribution in [3.8, 4) is 11.8 Å². The van der Waals surface area contributed by atoms with Crippen molar-refractivity contribution in [3.63, 3.8) is 0 Å². The van der Waals surface area contributed by atoms with Crippen molar-refractivity contribution in [1.29, 1.82) is 5.26 Å². The lowest BCUT2D eigenvalue weighted by Gasteiger charge is -2.21. The number of rotatable bonds is 8. The van der Waals surface area contributed by atoms with Crippen LogP contribution in [0.4, 0.5) is 4.79 Å². The van der Waals surface area contributed by atoms with E-state index < -0.39 is 24.1 Å². The minimum absolute atomic E-state index is 0.109. The maximum atomic E-state index is 12.3. The molecule has 7 heteroatoms. The molecule has 2 atom stereocenters. The fourth-order valence-electron chi connectivity index (χ4n) is 2.98. The number of fused-ring (bicyclic) bond motifs is 1. The number of nitrogens with one attached hydrogen (secondary N) is 2. The maximum absolute atomic E-state index is 12.3. The van der Waals surface area contributed by atoms with E-state index in [9.17, 15) is 9.59 Å². The molecular formula is C22H27N3O4. The van der Waals surface area contributed by atoms with Gasteiger partial charge in [-0.05, 0) is 53.8 Å². The van der Waals surface area contributed by atoms with E-state index in [0.29, 0.717) is 6.42 Å². The summed E-state index contributed by atoms with van der Waals surface area (Å²) in [7, 11) is 1.62. The molecule has 0 spiro atoms. The largest absolute Gasteiger partial charge is 0.497 e. The number of ether oxygens (including phenoxy) is 2. The van der Waals surface area contributed by atoms with Gasteiger partial charge in [-0.15, -0.1) is 0 Å². The van der Waals surface area contributed by atoms with Crippen molar-refractivity contribution in [2.75, 3.05) is 13.7 Å². The molecule has 1 unspecified atom stereocenters. The Morgan fingerprint density at radius 2 is 1.79 bits per heavy atom. The topological polar surface area (TPSA) is 100 Å². The van der Waals surface area contributed by atoms with Gasteiger partial charge in [-0.2, -0.15) is 5.26 Å². The Morgan fingerprint density at radius 1 is 1.10 bits per heavy atom. The van der Waals surface area contributed by atoms with Gasteiger partial charge in [-0.25, -0.2) is 4.79 Å². The summed E-state index contributed by atoms with van der Waals surface area (Å²) in [6.07, 6.45) is -0.730. The van der Waals surface area contributed by atoms with E-state index in [2.05, 4.69) is 10.6 Å². The lowest BCUT2D eigenvalue weighted by molar-refractivity contribution is -0.123. The lowest BCUT2D eigenvalue weighted by Crippen LogP contribution is -2.47. The number of benzene rings is 2. The van der Waals surface area contributed by atoms with E-state index in [4.69, 9.17) is 14.7 Å². The first-order valence-corrected chi connectivity index (χ1v) is 9.53. The van der Waals surface area contributed by atoms with Gasteiger partial charge in [-0.1, -0.05) is 32.0 Å². The molecule has 0 heterocycles. The summed E-state index contributed by atoms with van der Waals surface area (Å²) in [6.45, 7) is 5.56. The van der Waals surface area contributed by atoms with E-state index in [1.54, 1.807) is 14.0 Å². The van der Waals surface area contributed by atoms with E-state index in [1.165, 1.54) is 0 Å². The molecule has 0 aliphatic carbocycles. The number of hydrogen-bond acceptors (Lipinski definition) is 5. The third kappa shape index (κ3) is 6.39. The van der Waals surface area contributed by atoms with E-state index in [-0.39, 0.29) is 12.5 Å². The number of amides is 2. The average Bonchev–Trinajstić information content (AvgIpc) is 2.70. The number of hydrogen-bond donors (Lipinski definition) is 2. The van der Waals surface area contributed by atoms with Crippen molar-refractivity contribution in [1.82, 2.24) is 10.6 Å². The van der Waals surface area contributed by atoms with Gasteiger partial charge in [0.05, 0.1) is 13.2 Å². The van der Waals surface area contributed by atoms with Crippen molar-refractivity contribution in [2.45, 2.75) is 39.3 Å². The number of carbonyl (C=O) groups excluding carboxylic acids is 2. The molecule has 2 aromatic rings. The molecule has 2 amide bonds. The van der Waals surface area contributed by atoms with Crippen LogP contribution in [0.5, 0.6) is 5.75 Å². The van der Waals surface area contributed by atoms with Gasteiger partial charge in [-0.3, -0.25) is 4.79 Å². The fourth-order valence-corrected chi connectivity index (χ4v) is 2.98. The molecule has 154 valence electrons. The number of carbonyl (C=O) groups is 2. The Labute approximate surface area is 171 Å². The summed E-state index contributed by atoms with van der Waals surface area (Å²) in [5.74, 6) is 0.562. The average molecular weight is 397 g/mol. The van der Waals surface area contributed by atoms with Gasteiger partial charge in [0, 0.05) is 0 Å². The van der Waals surface area contributed by atoms with Gasteiger partial charge in [0.1, 0.15) is 24.4 Å². The Hall–Kier alpha value is -3.27. The van der Waals surface area contributed by atoms with Gasteiger partial charge >= 0.3 is 6.09 Å². The summed E-state index contributed by atoms with van der Waals surface area (Å²) in [5, 5.41) is 15.7. The number of nitrogens with zero attached hydrogens (tertiary/aromatic N) is 1. The third-order valence-corrected chi connectivity index (χ3v) is 4.48. The molecule has 2 N–H and O–H groups in total. The van der Waals surface area contributed by atoms with Crippen molar-refractivity contribution >= 4 is 22.8 Å². The molecular weight excluding hydrogens is 370 g/mol. The Morgan fingerprint density at radius 3 is 2.45 bits per heavy atom. The second kappa shape index (κ2) is 10.3. The van der Waals surface area contributed by atoms with Crippen LogP contribution in [0, 0.1) is 17.2 Å². The highest BCUT2D eigenvalue weighted by molar-refractivity contribution is 5.86. The number of nitriles is 1. The molecule has 0 fully saturated rings. The zero-order valence-electron chi connectivity index (χ0n) is 17.2. The van der Waals surface area contributed by atoms with Gasteiger partial charge in [0.15, 0.2) is 0 Å². The lowest BCUT2D eigenvalue weighted by atomic mass is 10.0. The molecule has 0 saturated heterocycles. The Kier molecular flexibility index (Phi) is 7.84. The van der Waals surface area contributed by atoms with Crippen LogP contribution in [-0.2, 0) is 9.53 Å². The molecule has 0 saturated carbocycles. The minimum atomic E-state index is -0.757. The summed E-state index contributed by atoms with van der Waals surface area (Å²) < 4.78 is 10.7. The second-order valence-corrected chi connectivity index (χ2v) is 7.22. The summed E-state index contributed by atoms with van der Waals surface area (Å²) >= 11 is 0. The molecule has 29 heavy (non-hydrogen) atoms. The van der Waals surface area contributed by atoms with Crippen LogP contribution in [0.2, 0.25) is 0 Å². The molecule has 0 aliphatic rings. The number of methoxy groups -OCH3 is 1. The van der Waals surface area contributed by atoms with Gasteiger partial charge in [0.2, 0.25) is 5.91 Å². The zero-order chi connectivity index (χ0) is 21.4. The summed E-state index contributed by atoms with van der Waals surface area (Å²) in [5.41, 5.74) is 0.840. The monoisotopic (exact) mass is 397 g/mol. The Balaban J connectivity index is 2.05. The standard InChI is InChI=1S/C22H27N3O4/c1-14(2)11-20(21(26)24-10-9-23)25-22(27)29-15(3)16-5-6-18-13-19(28-4)8-7-17(18)12-16/h5-8,12-15,20H,10-11H2,1-4H3,(H,24,26)(H,25,27)/t15?,20-/m0/s1. The molecule has 2 aromatic carbocycles. The first-order chi connectivity index (χ1) is 13.8. The molecule has 0 bridgehead atoms. The third-order valence-electron chi connectivity index (χ3n) is 4.48. The molecule has 0 aliphatic heterocycles. The van der Waals surface area contributed by atoms with Crippen LogP contribution in [-0.4, -0.2) is 31.7 Å². The normalized spacial score (nSPS) is 12.7. The van der Waals surface area contributed by atoms with Crippen LogP contribution < -0.4 is 15.4 Å². The van der Waals surface area contributed by atoms with E-state index >= 15 is 0 Å². The smallest absolute Gasteiger partial charge is 0.408 e. The summed E-state index contributed by atoms with van der Waals surface area (Å²) in [4.78, 5) is 24.5. The predicted octanol–water partition coefficient (Wildman–Crippen LogP) is 3.69. The first-order valence-electron chi connectivity index (χ1n) is 9.53. The van der Waals surface area contributed by atoms with E-state index in [1.807, 2.05) is 56.3 Å². The number of alkyl carbamates (subject to hydrolysis) is 1. The molecule has 2 rings (SSSR count). The highest BCUT2D eigenvalue weighted by Gasteiger charge is 2.23. The van der Waals surface area contributed by atoms with Crippen molar-refractivity contribution < 1.29 is 19.1 Å². The van der Waals surface area contributed by atoms with Gasteiger partial charge in [0.25, 0.3) is 0 Å². The highest BCUT2D eigenvalue weighted by atomic mass is 16.6. The maximum Gasteiger partial charge on any atom is 0.408 e. The fraction of sp³-hybridized carbons (Fsp3) is 0.409. The predicted molar refractivity (Wildman–Crippen MR) is 110 cm³/mol. The molecule has 0 aromatic heterocycles. The van der Waals surface area contributed by atoms with Crippen LogP contribution in [0.15, 0.2) is 36.4 Å².